The van der Waals surface area contributed by atoms with E-state index in [-0.39, 0.29) is 5.41 Å². The van der Waals surface area contributed by atoms with E-state index in [2.05, 4.69) is 48.5 Å². The van der Waals surface area contributed by atoms with Crippen LogP contribution in [-0.4, -0.2) is 25.1 Å². The van der Waals surface area contributed by atoms with E-state index in [4.69, 9.17) is 11.6 Å². The summed E-state index contributed by atoms with van der Waals surface area (Å²) >= 11 is 5.91. The molecule has 0 radical (unpaired) electrons. The Labute approximate surface area is 114 Å². The van der Waals surface area contributed by atoms with E-state index in [9.17, 15) is 0 Å². The zero-order valence-corrected chi connectivity index (χ0v) is 11.9. The van der Waals surface area contributed by atoms with E-state index in [0.29, 0.717) is 6.04 Å². The van der Waals surface area contributed by atoms with Gasteiger partial charge in [-0.2, -0.15) is 0 Å². The zero-order valence-electron chi connectivity index (χ0n) is 11.1. The first kappa shape index (κ1) is 13.2. The Morgan fingerprint density at radius 2 is 2.06 bits per heavy atom. The largest absolute Gasteiger partial charge is 0.356 e. The van der Waals surface area contributed by atoms with E-state index in [0.717, 1.165) is 24.1 Å². The summed E-state index contributed by atoms with van der Waals surface area (Å²) in [4.78, 5) is 4.40. The molecule has 4 heteroatoms. The van der Waals surface area contributed by atoms with Gasteiger partial charge < -0.3 is 10.6 Å². The maximum atomic E-state index is 5.91. The van der Waals surface area contributed by atoms with Gasteiger partial charge in [0.25, 0.3) is 0 Å². The first-order valence-corrected chi connectivity index (χ1v) is 6.66. The van der Waals surface area contributed by atoms with Gasteiger partial charge in [-0.05, 0) is 24.6 Å². The van der Waals surface area contributed by atoms with Crippen LogP contribution >= 0.6 is 11.6 Å². The van der Waals surface area contributed by atoms with Crippen molar-refractivity contribution < 1.29 is 0 Å². The van der Waals surface area contributed by atoms with Gasteiger partial charge in [-0.15, -0.1) is 0 Å². The molecule has 2 N–H and O–H groups in total. The molecule has 0 aliphatic carbocycles. The minimum atomic E-state index is 0.0423. The lowest BCUT2D eigenvalue weighted by molar-refractivity contribution is 0.509. The van der Waals surface area contributed by atoms with Crippen LogP contribution < -0.4 is 10.6 Å². The Morgan fingerprint density at radius 3 is 2.61 bits per heavy atom. The van der Waals surface area contributed by atoms with Crippen LogP contribution in [0.1, 0.15) is 26.3 Å². The van der Waals surface area contributed by atoms with Crippen LogP contribution in [0.25, 0.3) is 0 Å². The Morgan fingerprint density at radius 1 is 1.39 bits per heavy atom. The van der Waals surface area contributed by atoms with E-state index >= 15 is 0 Å². The fraction of sp³-hybridized carbons (Fsp3) is 0.500. The maximum absolute atomic E-state index is 5.91. The van der Waals surface area contributed by atoms with Gasteiger partial charge in [-0.3, -0.25) is 4.99 Å². The predicted molar refractivity (Wildman–Crippen MR) is 77.4 cm³/mol. The summed E-state index contributed by atoms with van der Waals surface area (Å²) < 4.78 is 0. The summed E-state index contributed by atoms with van der Waals surface area (Å²) in [5, 5.41) is 7.45. The smallest absolute Gasteiger partial charge is 0.191 e. The lowest BCUT2D eigenvalue weighted by Crippen LogP contribution is -2.43. The van der Waals surface area contributed by atoms with E-state index in [1.165, 1.54) is 5.56 Å². The Hall–Kier alpha value is -1.22. The second kappa shape index (κ2) is 5.19. The van der Waals surface area contributed by atoms with Crippen LogP contribution in [0.4, 0.5) is 0 Å². The number of hydrogen-bond donors (Lipinski definition) is 2. The molecule has 3 nitrogen and oxygen atoms in total. The summed E-state index contributed by atoms with van der Waals surface area (Å²) in [6.45, 7) is 8.24. The summed E-state index contributed by atoms with van der Waals surface area (Å²) in [6.07, 6.45) is 0. The van der Waals surface area contributed by atoms with Crippen molar-refractivity contribution in [3.63, 3.8) is 0 Å². The van der Waals surface area contributed by atoms with Crippen molar-refractivity contribution in [1.29, 1.82) is 0 Å². The maximum Gasteiger partial charge on any atom is 0.191 e. The Balaban J connectivity index is 1.97. The Bertz CT molecular complexity index is 437. The van der Waals surface area contributed by atoms with Crippen molar-refractivity contribution in [3.8, 4) is 0 Å². The predicted octanol–water partition coefficient (Wildman–Crippen LogP) is 2.55. The first-order chi connectivity index (χ1) is 8.47. The van der Waals surface area contributed by atoms with Crippen molar-refractivity contribution in [2.45, 2.75) is 32.2 Å². The fourth-order valence-electron chi connectivity index (χ4n) is 1.97. The third-order valence-corrected chi connectivity index (χ3v) is 3.48. The summed E-state index contributed by atoms with van der Waals surface area (Å²) in [5.41, 5.74) is 1.31. The molecule has 18 heavy (non-hydrogen) atoms. The van der Waals surface area contributed by atoms with Gasteiger partial charge in [0.15, 0.2) is 5.96 Å². The molecule has 0 fully saturated rings. The Kier molecular flexibility index (Phi) is 3.81. The number of aliphatic imine (C=N–C) groups is 1. The average molecular weight is 266 g/mol. The quantitative estimate of drug-likeness (QED) is 0.881. The standard InChI is InChI=1S/C14H20ClN3/c1-10-8-16-13(18-10)17-9-14(2,3)11-4-6-12(15)7-5-11/h4-7,10H,8-9H2,1-3H3,(H2,16,17,18). The average Bonchev–Trinajstić information content (AvgIpc) is 2.73. The van der Waals surface area contributed by atoms with Gasteiger partial charge in [0, 0.05) is 23.0 Å². The number of rotatable bonds is 3. The first-order valence-electron chi connectivity index (χ1n) is 6.28. The minimum Gasteiger partial charge on any atom is -0.356 e. The van der Waals surface area contributed by atoms with Crippen molar-refractivity contribution >= 4 is 17.6 Å². The normalized spacial score (nSPS) is 19.3. The van der Waals surface area contributed by atoms with Crippen molar-refractivity contribution in [1.82, 2.24) is 10.6 Å². The highest BCUT2D eigenvalue weighted by atomic mass is 35.5. The van der Waals surface area contributed by atoms with Crippen molar-refractivity contribution in [2.24, 2.45) is 4.99 Å². The number of halogens is 1. The zero-order chi connectivity index (χ0) is 13.2. The molecule has 0 amide bonds. The molecule has 0 aromatic heterocycles. The third kappa shape index (κ3) is 3.16. The second-order valence-corrected chi connectivity index (χ2v) is 5.92. The van der Waals surface area contributed by atoms with Gasteiger partial charge in [-0.25, -0.2) is 0 Å². The molecule has 1 aromatic rings. The molecule has 98 valence electrons. The van der Waals surface area contributed by atoms with Crippen LogP contribution in [0.2, 0.25) is 5.02 Å². The molecule has 1 atom stereocenters. The molecule has 1 heterocycles. The van der Waals surface area contributed by atoms with Crippen molar-refractivity contribution in [3.05, 3.63) is 34.9 Å². The second-order valence-electron chi connectivity index (χ2n) is 5.48. The monoisotopic (exact) mass is 265 g/mol. The molecule has 1 aliphatic heterocycles. The van der Waals surface area contributed by atoms with Crippen LogP contribution in [0.3, 0.4) is 0 Å². The molecule has 1 unspecified atom stereocenters. The fourth-order valence-corrected chi connectivity index (χ4v) is 2.09. The van der Waals surface area contributed by atoms with Gasteiger partial charge in [-0.1, -0.05) is 37.6 Å². The molecular formula is C14H20ClN3. The molecule has 0 saturated heterocycles. The number of nitrogens with zero attached hydrogens (tertiary/aromatic N) is 1. The SMILES string of the molecule is CC1CN=C(NCC(C)(C)c2ccc(Cl)cc2)N1. The van der Waals surface area contributed by atoms with Crippen LogP contribution in [-0.2, 0) is 5.41 Å². The van der Waals surface area contributed by atoms with Gasteiger partial charge in [0.05, 0.1) is 6.54 Å². The van der Waals surface area contributed by atoms with Crippen LogP contribution in [0, 0.1) is 0 Å². The van der Waals surface area contributed by atoms with Crippen LogP contribution in [0.15, 0.2) is 29.3 Å². The number of hydrogen-bond acceptors (Lipinski definition) is 3. The van der Waals surface area contributed by atoms with Crippen molar-refractivity contribution in [2.75, 3.05) is 13.1 Å². The van der Waals surface area contributed by atoms with Gasteiger partial charge in [0.2, 0.25) is 0 Å². The molecular weight excluding hydrogens is 246 g/mol. The number of guanidine groups is 1. The molecule has 0 bridgehead atoms. The number of benzene rings is 1. The highest BCUT2D eigenvalue weighted by Gasteiger charge is 2.22. The lowest BCUT2D eigenvalue weighted by atomic mass is 9.85. The molecule has 0 spiro atoms. The van der Waals surface area contributed by atoms with Gasteiger partial charge >= 0.3 is 0 Å². The summed E-state index contributed by atoms with van der Waals surface area (Å²) in [6, 6.07) is 8.47. The molecule has 0 saturated carbocycles. The molecule has 1 aromatic carbocycles. The minimum absolute atomic E-state index is 0.0423. The topological polar surface area (TPSA) is 36.4 Å². The van der Waals surface area contributed by atoms with Gasteiger partial charge in [0.1, 0.15) is 0 Å². The lowest BCUT2D eigenvalue weighted by Gasteiger charge is -2.26. The summed E-state index contributed by atoms with van der Waals surface area (Å²) in [7, 11) is 0. The van der Waals surface area contributed by atoms with E-state index in [1.807, 2.05) is 12.1 Å². The highest BCUT2D eigenvalue weighted by Crippen LogP contribution is 2.23. The molecule has 1 aliphatic rings. The number of nitrogens with one attached hydrogen (secondary N) is 2. The van der Waals surface area contributed by atoms with Crippen LogP contribution in [0.5, 0.6) is 0 Å². The summed E-state index contributed by atoms with van der Waals surface area (Å²) in [5.74, 6) is 0.907. The van der Waals surface area contributed by atoms with E-state index < -0.39 is 0 Å². The van der Waals surface area contributed by atoms with E-state index in [1.54, 1.807) is 0 Å². The highest BCUT2D eigenvalue weighted by molar-refractivity contribution is 6.30. The molecule has 2 rings (SSSR count). The third-order valence-electron chi connectivity index (χ3n) is 3.23.